The molecule has 0 bridgehead atoms. The molecule has 1 aliphatic heterocycles. The molecule has 0 amide bonds. The van der Waals surface area contributed by atoms with Crippen molar-refractivity contribution in [2.24, 2.45) is 11.8 Å². The van der Waals surface area contributed by atoms with Crippen molar-refractivity contribution in [3.8, 4) is 0 Å². The number of likely N-dealkylation sites (tertiary alicyclic amines) is 1. The second-order valence-corrected chi connectivity index (χ2v) is 4.61. The smallest absolute Gasteiger partial charge is 0.295 e. The fraction of sp³-hybridized carbons (Fsp3) is 1.00. The van der Waals surface area contributed by atoms with Crippen LogP contribution in [-0.4, -0.2) is 30.7 Å². The molecule has 1 fully saturated rings. The summed E-state index contributed by atoms with van der Waals surface area (Å²) in [5, 5.41) is 0. The average molecular weight is 223 g/mol. The highest BCUT2D eigenvalue weighted by molar-refractivity contribution is 4.76. The van der Waals surface area contributed by atoms with E-state index in [9.17, 15) is 13.2 Å². The van der Waals surface area contributed by atoms with Gasteiger partial charge in [-0.1, -0.05) is 20.3 Å². The molecule has 1 atom stereocenters. The van der Waals surface area contributed by atoms with Crippen LogP contribution in [0.4, 0.5) is 13.2 Å². The zero-order valence-corrected chi connectivity index (χ0v) is 9.48. The Morgan fingerprint density at radius 3 is 2.20 bits per heavy atom. The third kappa shape index (κ3) is 4.41. The summed E-state index contributed by atoms with van der Waals surface area (Å²) < 4.78 is 36.4. The third-order valence-electron chi connectivity index (χ3n) is 3.48. The van der Waals surface area contributed by atoms with Crippen molar-refractivity contribution in [2.45, 2.75) is 39.3 Å². The highest BCUT2D eigenvalue weighted by Crippen LogP contribution is 2.28. The Bertz CT molecular complexity index is 183. The molecule has 1 saturated heterocycles. The van der Waals surface area contributed by atoms with Crippen LogP contribution < -0.4 is 0 Å². The van der Waals surface area contributed by atoms with Crippen molar-refractivity contribution >= 4 is 0 Å². The van der Waals surface area contributed by atoms with Crippen LogP contribution in [0.5, 0.6) is 0 Å². The molecule has 1 aliphatic rings. The molecule has 0 saturated carbocycles. The van der Waals surface area contributed by atoms with E-state index < -0.39 is 12.7 Å². The largest absolute Gasteiger partial charge is 0.401 e. The summed E-state index contributed by atoms with van der Waals surface area (Å²) in [5.41, 5.74) is 0. The van der Waals surface area contributed by atoms with Crippen molar-refractivity contribution in [3.05, 3.63) is 0 Å². The first kappa shape index (κ1) is 12.8. The van der Waals surface area contributed by atoms with Crippen LogP contribution in [-0.2, 0) is 0 Å². The minimum Gasteiger partial charge on any atom is -0.295 e. The van der Waals surface area contributed by atoms with E-state index in [4.69, 9.17) is 0 Å². The predicted octanol–water partition coefficient (Wildman–Crippen LogP) is 3.31. The van der Waals surface area contributed by atoms with Gasteiger partial charge in [-0.3, -0.25) is 4.90 Å². The molecule has 0 spiro atoms. The van der Waals surface area contributed by atoms with Gasteiger partial charge in [-0.05, 0) is 37.8 Å². The van der Waals surface area contributed by atoms with Gasteiger partial charge in [0.2, 0.25) is 0 Å². The van der Waals surface area contributed by atoms with Gasteiger partial charge >= 0.3 is 6.18 Å². The third-order valence-corrected chi connectivity index (χ3v) is 3.48. The van der Waals surface area contributed by atoms with E-state index in [0.717, 1.165) is 19.3 Å². The number of rotatable bonds is 3. The maximum absolute atomic E-state index is 12.1. The Morgan fingerprint density at radius 1 is 1.27 bits per heavy atom. The molecule has 0 radical (unpaired) electrons. The van der Waals surface area contributed by atoms with Gasteiger partial charge in [0.25, 0.3) is 0 Å². The molecule has 0 aromatic carbocycles. The van der Waals surface area contributed by atoms with E-state index in [1.54, 1.807) is 0 Å². The fourth-order valence-electron chi connectivity index (χ4n) is 2.27. The van der Waals surface area contributed by atoms with Crippen molar-refractivity contribution < 1.29 is 13.2 Å². The summed E-state index contributed by atoms with van der Waals surface area (Å²) in [6, 6.07) is 0. The lowest BCUT2D eigenvalue weighted by molar-refractivity contribution is -0.149. The second kappa shape index (κ2) is 5.19. The molecule has 1 rings (SSSR count). The molecule has 0 aromatic rings. The lowest BCUT2D eigenvalue weighted by Crippen LogP contribution is -2.41. The predicted molar refractivity (Wildman–Crippen MR) is 54.7 cm³/mol. The topological polar surface area (TPSA) is 3.24 Å². The maximum atomic E-state index is 12.1. The van der Waals surface area contributed by atoms with Gasteiger partial charge in [0, 0.05) is 0 Å². The summed E-state index contributed by atoms with van der Waals surface area (Å²) in [6.45, 7) is 4.82. The van der Waals surface area contributed by atoms with Crippen molar-refractivity contribution in [1.82, 2.24) is 4.90 Å². The molecule has 4 heteroatoms. The van der Waals surface area contributed by atoms with Crippen molar-refractivity contribution in [2.75, 3.05) is 19.6 Å². The van der Waals surface area contributed by atoms with Crippen LogP contribution in [0.25, 0.3) is 0 Å². The Hall–Kier alpha value is -0.250. The van der Waals surface area contributed by atoms with E-state index in [-0.39, 0.29) is 0 Å². The second-order valence-electron chi connectivity index (χ2n) is 4.61. The van der Waals surface area contributed by atoms with Gasteiger partial charge < -0.3 is 0 Å². The van der Waals surface area contributed by atoms with Crippen LogP contribution in [0.15, 0.2) is 0 Å². The van der Waals surface area contributed by atoms with Gasteiger partial charge in [-0.25, -0.2) is 0 Å². The van der Waals surface area contributed by atoms with Crippen LogP contribution in [0.1, 0.15) is 33.1 Å². The zero-order chi connectivity index (χ0) is 11.5. The zero-order valence-electron chi connectivity index (χ0n) is 9.48. The molecule has 1 heterocycles. The number of halogens is 3. The van der Waals surface area contributed by atoms with Crippen LogP contribution >= 0.6 is 0 Å². The summed E-state index contributed by atoms with van der Waals surface area (Å²) in [7, 11) is 0. The number of hydrogen-bond donors (Lipinski definition) is 0. The quantitative estimate of drug-likeness (QED) is 0.709. The van der Waals surface area contributed by atoms with Gasteiger partial charge in [0.1, 0.15) is 0 Å². The first-order valence-electron chi connectivity index (χ1n) is 5.71. The van der Waals surface area contributed by atoms with Crippen LogP contribution in [0, 0.1) is 11.8 Å². The number of piperidine rings is 1. The molecule has 0 aromatic heterocycles. The molecule has 15 heavy (non-hydrogen) atoms. The molecular weight excluding hydrogens is 203 g/mol. The SMILES string of the molecule is CCC(C)C1CCN(CC(F)(F)F)CC1. The van der Waals surface area contributed by atoms with E-state index in [1.807, 2.05) is 0 Å². The highest BCUT2D eigenvalue weighted by atomic mass is 19.4. The fourth-order valence-corrected chi connectivity index (χ4v) is 2.27. The van der Waals surface area contributed by atoms with Crippen LogP contribution in [0.3, 0.4) is 0 Å². The standard InChI is InChI=1S/C11H20F3N/c1-3-9(2)10-4-6-15(7-5-10)8-11(12,13)14/h9-10H,3-8H2,1-2H3. The molecular formula is C11H20F3N. The summed E-state index contributed by atoms with van der Waals surface area (Å²) in [5.74, 6) is 1.28. The summed E-state index contributed by atoms with van der Waals surface area (Å²) in [6.07, 6.45) is -1.07. The first-order chi connectivity index (χ1) is 6.92. The Kier molecular flexibility index (Phi) is 4.44. The number of hydrogen-bond acceptors (Lipinski definition) is 1. The van der Waals surface area contributed by atoms with Gasteiger partial charge in [-0.2, -0.15) is 13.2 Å². The molecule has 0 aliphatic carbocycles. The van der Waals surface area contributed by atoms with E-state index >= 15 is 0 Å². The average Bonchev–Trinajstić information content (AvgIpc) is 2.15. The minimum absolute atomic E-state index is 0.606. The van der Waals surface area contributed by atoms with Gasteiger partial charge in [0.05, 0.1) is 6.54 Å². The maximum Gasteiger partial charge on any atom is 0.401 e. The minimum atomic E-state index is -4.04. The van der Waals surface area contributed by atoms with E-state index in [2.05, 4.69) is 13.8 Å². The molecule has 0 N–H and O–H groups in total. The number of alkyl halides is 3. The molecule has 1 nitrogen and oxygen atoms in total. The molecule has 90 valence electrons. The highest BCUT2D eigenvalue weighted by Gasteiger charge is 2.33. The Labute approximate surface area is 89.6 Å². The molecule has 1 unspecified atom stereocenters. The van der Waals surface area contributed by atoms with E-state index in [1.165, 1.54) is 4.90 Å². The van der Waals surface area contributed by atoms with Gasteiger partial charge in [-0.15, -0.1) is 0 Å². The number of nitrogens with zero attached hydrogens (tertiary/aromatic N) is 1. The van der Waals surface area contributed by atoms with Crippen LogP contribution in [0.2, 0.25) is 0 Å². The summed E-state index contributed by atoms with van der Waals surface area (Å²) >= 11 is 0. The monoisotopic (exact) mass is 223 g/mol. The lowest BCUT2D eigenvalue weighted by atomic mass is 9.84. The Morgan fingerprint density at radius 2 is 1.80 bits per heavy atom. The van der Waals surface area contributed by atoms with E-state index in [0.29, 0.717) is 24.9 Å². The first-order valence-corrected chi connectivity index (χ1v) is 5.71. The normalized spacial score (nSPS) is 23.0. The van der Waals surface area contributed by atoms with Crippen molar-refractivity contribution in [3.63, 3.8) is 0 Å². The van der Waals surface area contributed by atoms with Crippen molar-refractivity contribution in [1.29, 1.82) is 0 Å². The Balaban J connectivity index is 2.30. The lowest BCUT2D eigenvalue weighted by Gasteiger charge is -2.34. The van der Waals surface area contributed by atoms with Gasteiger partial charge in [0.15, 0.2) is 0 Å². The summed E-state index contributed by atoms with van der Waals surface area (Å²) in [4.78, 5) is 1.53.